The summed E-state index contributed by atoms with van der Waals surface area (Å²) in [6, 6.07) is 5.42. The summed E-state index contributed by atoms with van der Waals surface area (Å²) in [5.74, 6) is -0.220. The van der Waals surface area contributed by atoms with Crippen molar-refractivity contribution in [3.05, 3.63) is 29.6 Å². The zero-order chi connectivity index (χ0) is 13.7. The first-order chi connectivity index (χ1) is 8.45. The largest absolute Gasteiger partial charge is 0.393 e. The first-order valence-electron chi connectivity index (χ1n) is 6.31. The molecular formula is C14H23FN2O. The topological polar surface area (TPSA) is 35.5 Å². The highest BCUT2D eigenvalue weighted by Gasteiger charge is 2.11. The minimum Gasteiger partial charge on any atom is -0.393 e. The van der Waals surface area contributed by atoms with Crippen molar-refractivity contribution in [3.63, 3.8) is 0 Å². The Bertz CT molecular complexity index is 382. The zero-order valence-corrected chi connectivity index (χ0v) is 11.6. The maximum Gasteiger partial charge on any atom is 0.146 e. The van der Waals surface area contributed by atoms with Crippen LogP contribution in [0.5, 0.6) is 0 Å². The van der Waals surface area contributed by atoms with E-state index in [1.54, 1.807) is 19.1 Å². The second-order valence-electron chi connectivity index (χ2n) is 4.78. The molecule has 0 saturated carbocycles. The lowest BCUT2D eigenvalue weighted by atomic mass is 10.1. The van der Waals surface area contributed by atoms with E-state index in [-0.39, 0.29) is 18.0 Å². The van der Waals surface area contributed by atoms with Gasteiger partial charge in [0.15, 0.2) is 0 Å². The Morgan fingerprint density at radius 2 is 2.06 bits per heavy atom. The van der Waals surface area contributed by atoms with Gasteiger partial charge in [0.2, 0.25) is 0 Å². The van der Waals surface area contributed by atoms with Crippen LogP contribution in [0.2, 0.25) is 0 Å². The molecule has 1 aromatic rings. The lowest BCUT2D eigenvalue weighted by Crippen LogP contribution is -2.23. The lowest BCUT2D eigenvalue weighted by Gasteiger charge is -2.22. The summed E-state index contributed by atoms with van der Waals surface area (Å²) in [5.41, 5.74) is 1.50. The van der Waals surface area contributed by atoms with E-state index in [2.05, 4.69) is 5.32 Å². The monoisotopic (exact) mass is 254 g/mol. The Labute approximate surface area is 109 Å². The fourth-order valence-corrected chi connectivity index (χ4v) is 1.77. The molecule has 0 aliphatic heterocycles. The van der Waals surface area contributed by atoms with Crippen molar-refractivity contribution >= 4 is 5.69 Å². The highest BCUT2D eigenvalue weighted by Crippen LogP contribution is 2.22. The van der Waals surface area contributed by atoms with Crippen molar-refractivity contribution in [1.82, 2.24) is 5.32 Å². The molecule has 3 nitrogen and oxygen atoms in total. The first kappa shape index (κ1) is 14.9. The normalized spacial score (nSPS) is 14.3. The first-order valence-corrected chi connectivity index (χ1v) is 6.31. The van der Waals surface area contributed by atoms with Crippen molar-refractivity contribution in [1.29, 1.82) is 0 Å². The number of benzene rings is 1. The molecule has 0 amide bonds. The summed E-state index contributed by atoms with van der Waals surface area (Å²) in [6.07, 6.45) is 0.268. The molecule has 0 aromatic heterocycles. The maximum atomic E-state index is 14.0. The minimum absolute atomic E-state index is 0.135. The Morgan fingerprint density at radius 1 is 1.39 bits per heavy atom. The minimum atomic E-state index is -0.362. The highest BCUT2D eigenvalue weighted by molar-refractivity contribution is 5.48. The summed E-state index contributed by atoms with van der Waals surface area (Å²) >= 11 is 0. The summed E-state index contributed by atoms with van der Waals surface area (Å²) in [4.78, 5) is 1.83. The van der Waals surface area contributed by atoms with Gasteiger partial charge in [-0.1, -0.05) is 6.07 Å². The third kappa shape index (κ3) is 3.96. The Balaban J connectivity index is 2.78. The molecule has 0 radical (unpaired) electrons. The van der Waals surface area contributed by atoms with Crippen molar-refractivity contribution in [2.45, 2.75) is 32.4 Å². The number of aliphatic hydroxyl groups excluding tert-OH is 1. The standard InChI is InChI=1S/C14H23FN2O/c1-10(18)7-8-17(4)14-6-5-12(9-13(14)15)11(2)16-3/h5-6,9-11,16,18H,7-8H2,1-4H3. The smallest absolute Gasteiger partial charge is 0.146 e. The van der Waals surface area contributed by atoms with Crippen LogP contribution in [-0.2, 0) is 0 Å². The number of aliphatic hydroxyl groups is 1. The van der Waals surface area contributed by atoms with Crippen LogP contribution >= 0.6 is 0 Å². The van der Waals surface area contributed by atoms with Gasteiger partial charge in [-0.25, -0.2) is 4.39 Å². The van der Waals surface area contributed by atoms with Crippen molar-refractivity contribution in [2.24, 2.45) is 0 Å². The summed E-state index contributed by atoms with van der Waals surface area (Å²) in [5, 5.41) is 12.3. The third-order valence-electron chi connectivity index (χ3n) is 3.20. The molecule has 0 heterocycles. The van der Waals surface area contributed by atoms with Crippen LogP contribution in [0.3, 0.4) is 0 Å². The average molecular weight is 254 g/mol. The molecule has 0 aliphatic rings. The molecule has 2 atom stereocenters. The van der Waals surface area contributed by atoms with E-state index in [0.717, 1.165) is 5.56 Å². The van der Waals surface area contributed by atoms with Crippen molar-refractivity contribution in [2.75, 3.05) is 25.5 Å². The van der Waals surface area contributed by atoms with E-state index in [1.165, 1.54) is 0 Å². The van der Waals surface area contributed by atoms with E-state index >= 15 is 0 Å². The maximum absolute atomic E-state index is 14.0. The van der Waals surface area contributed by atoms with Gasteiger partial charge in [0.25, 0.3) is 0 Å². The molecule has 2 N–H and O–H groups in total. The predicted molar refractivity (Wildman–Crippen MR) is 73.4 cm³/mol. The molecule has 0 fully saturated rings. The summed E-state index contributed by atoms with van der Waals surface area (Å²) in [6.45, 7) is 4.36. The fraction of sp³-hybridized carbons (Fsp3) is 0.571. The number of nitrogens with zero attached hydrogens (tertiary/aromatic N) is 1. The van der Waals surface area contributed by atoms with Crippen molar-refractivity contribution in [3.8, 4) is 0 Å². The fourth-order valence-electron chi connectivity index (χ4n) is 1.77. The molecule has 102 valence electrons. The molecular weight excluding hydrogens is 231 g/mol. The van der Waals surface area contributed by atoms with Crippen LogP contribution in [0.1, 0.15) is 31.9 Å². The molecule has 18 heavy (non-hydrogen) atoms. The summed E-state index contributed by atoms with van der Waals surface area (Å²) < 4.78 is 14.0. The van der Waals surface area contributed by atoms with E-state index in [9.17, 15) is 9.50 Å². The van der Waals surface area contributed by atoms with Crippen LogP contribution in [0.15, 0.2) is 18.2 Å². The van der Waals surface area contributed by atoms with Crippen LogP contribution in [0.4, 0.5) is 10.1 Å². The third-order valence-corrected chi connectivity index (χ3v) is 3.20. The van der Waals surface area contributed by atoms with Gasteiger partial charge in [0.1, 0.15) is 5.82 Å². The van der Waals surface area contributed by atoms with E-state index in [0.29, 0.717) is 18.7 Å². The molecule has 0 spiro atoms. The van der Waals surface area contributed by atoms with Crippen molar-refractivity contribution < 1.29 is 9.50 Å². The second-order valence-corrected chi connectivity index (χ2v) is 4.78. The molecule has 1 aromatic carbocycles. The Morgan fingerprint density at radius 3 is 2.56 bits per heavy atom. The van der Waals surface area contributed by atoms with E-state index < -0.39 is 0 Å². The number of hydrogen-bond donors (Lipinski definition) is 2. The van der Waals surface area contributed by atoms with Crippen LogP contribution in [0.25, 0.3) is 0 Å². The zero-order valence-electron chi connectivity index (χ0n) is 11.6. The van der Waals surface area contributed by atoms with Gasteiger partial charge in [-0.05, 0) is 45.0 Å². The van der Waals surface area contributed by atoms with Gasteiger partial charge in [0.05, 0.1) is 11.8 Å². The number of anilines is 1. The van der Waals surface area contributed by atoms with Gasteiger partial charge in [-0.15, -0.1) is 0 Å². The number of hydrogen-bond acceptors (Lipinski definition) is 3. The molecule has 1 rings (SSSR count). The quantitative estimate of drug-likeness (QED) is 0.817. The van der Waals surface area contributed by atoms with Gasteiger partial charge < -0.3 is 15.3 Å². The van der Waals surface area contributed by atoms with Crippen LogP contribution in [-0.4, -0.2) is 31.9 Å². The average Bonchev–Trinajstić information content (AvgIpc) is 2.34. The van der Waals surface area contributed by atoms with Gasteiger partial charge in [-0.3, -0.25) is 0 Å². The van der Waals surface area contributed by atoms with Gasteiger partial charge in [-0.2, -0.15) is 0 Å². The predicted octanol–water partition coefficient (Wildman–Crippen LogP) is 2.31. The van der Waals surface area contributed by atoms with Gasteiger partial charge in [0, 0.05) is 19.6 Å². The number of nitrogens with one attached hydrogen (secondary N) is 1. The molecule has 4 heteroatoms. The Kier molecular flexibility index (Phi) is 5.56. The lowest BCUT2D eigenvalue weighted by molar-refractivity contribution is 0.187. The molecule has 0 saturated heterocycles. The second kappa shape index (κ2) is 6.71. The Hall–Kier alpha value is -1.13. The van der Waals surface area contributed by atoms with E-state index in [1.807, 2.05) is 32.0 Å². The molecule has 0 bridgehead atoms. The van der Waals surface area contributed by atoms with Crippen LogP contribution < -0.4 is 10.2 Å². The van der Waals surface area contributed by atoms with E-state index in [4.69, 9.17) is 0 Å². The van der Waals surface area contributed by atoms with Gasteiger partial charge >= 0.3 is 0 Å². The molecule has 2 unspecified atom stereocenters. The molecule has 0 aliphatic carbocycles. The summed E-state index contributed by atoms with van der Waals surface area (Å²) in [7, 11) is 3.69. The number of halogens is 1. The SMILES string of the molecule is CNC(C)c1ccc(N(C)CCC(C)O)c(F)c1. The van der Waals surface area contributed by atoms with Crippen LogP contribution in [0, 0.1) is 5.82 Å². The highest BCUT2D eigenvalue weighted by atomic mass is 19.1. The number of rotatable bonds is 6.